The number of benzene rings is 2. The van der Waals surface area contributed by atoms with Gasteiger partial charge in [-0.3, -0.25) is 9.59 Å². The van der Waals surface area contributed by atoms with E-state index in [0.717, 1.165) is 44.1 Å². The zero-order valence-corrected chi connectivity index (χ0v) is 23.2. The maximum Gasteiger partial charge on any atom is 0.253 e. The molecule has 4 heteroatoms. The summed E-state index contributed by atoms with van der Waals surface area (Å²) in [7, 11) is 0. The van der Waals surface area contributed by atoms with Crippen molar-refractivity contribution in [2.45, 2.75) is 64.2 Å². The molecule has 0 aromatic heterocycles. The van der Waals surface area contributed by atoms with E-state index in [4.69, 9.17) is 0 Å². The second-order valence-electron chi connectivity index (χ2n) is 12.9. The molecule has 0 spiro atoms. The monoisotopic (exact) mass is 520 g/mol. The van der Waals surface area contributed by atoms with Crippen LogP contribution < -0.4 is 4.90 Å². The van der Waals surface area contributed by atoms with Crippen LogP contribution in [0.25, 0.3) is 0 Å². The van der Waals surface area contributed by atoms with Gasteiger partial charge in [-0.1, -0.05) is 49.2 Å². The molecule has 39 heavy (non-hydrogen) atoms. The molecule has 0 N–H and O–H groups in total. The number of hydrogen-bond donors (Lipinski definition) is 0. The van der Waals surface area contributed by atoms with E-state index < -0.39 is 0 Å². The molecule has 7 rings (SSSR count). The summed E-state index contributed by atoms with van der Waals surface area (Å²) in [5.74, 6) is 2.03. The first kappa shape index (κ1) is 24.9. The van der Waals surface area contributed by atoms with Crippen LogP contribution in [0.4, 0.5) is 5.69 Å². The summed E-state index contributed by atoms with van der Waals surface area (Å²) in [4.78, 5) is 30.5. The molecule has 202 valence electrons. The van der Waals surface area contributed by atoms with Crippen LogP contribution in [0, 0.1) is 17.3 Å². The first-order valence-electron chi connectivity index (χ1n) is 15.2. The molecule has 2 saturated carbocycles. The number of para-hydroxylation sites is 1. The Hall–Kier alpha value is -3.14. The van der Waals surface area contributed by atoms with Crippen molar-refractivity contribution in [2.24, 2.45) is 17.3 Å². The minimum atomic E-state index is 0.113. The van der Waals surface area contributed by atoms with Gasteiger partial charge in [-0.25, -0.2) is 0 Å². The topological polar surface area (TPSA) is 40.6 Å². The Bertz CT molecular complexity index is 1330. The lowest BCUT2D eigenvalue weighted by Gasteiger charge is -2.48. The number of anilines is 1. The van der Waals surface area contributed by atoms with E-state index in [1.165, 1.54) is 60.9 Å². The lowest BCUT2D eigenvalue weighted by Crippen LogP contribution is -2.48. The van der Waals surface area contributed by atoms with E-state index in [2.05, 4.69) is 48.2 Å². The third-order valence-electron chi connectivity index (χ3n) is 10.8. The molecule has 5 aliphatic rings. The van der Waals surface area contributed by atoms with Crippen molar-refractivity contribution in [3.05, 3.63) is 88.5 Å². The normalized spacial score (nSPS) is 30.4. The molecule has 3 fully saturated rings. The Morgan fingerprint density at radius 1 is 0.897 bits per heavy atom. The molecule has 2 aromatic carbocycles. The Balaban J connectivity index is 1.11. The van der Waals surface area contributed by atoms with Crippen LogP contribution in [0.15, 0.2) is 77.4 Å². The van der Waals surface area contributed by atoms with Crippen LogP contribution in [0.1, 0.15) is 80.1 Å². The number of piperazine rings is 1. The van der Waals surface area contributed by atoms with Crippen LogP contribution >= 0.6 is 0 Å². The molecule has 0 radical (unpaired) electrons. The van der Waals surface area contributed by atoms with Gasteiger partial charge >= 0.3 is 0 Å². The summed E-state index contributed by atoms with van der Waals surface area (Å²) in [6.45, 7) is 5.71. The molecule has 4 aliphatic carbocycles. The Morgan fingerprint density at radius 2 is 1.67 bits per heavy atom. The minimum absolute atomic E-state index is 0.113. The van der Waals surface area contributed by atoms with Gasteiger partial charge in [0.15, 0.2) is 5.78 Å². The maximum absolute atomic E-state index is 13.4. The fraction of sp³-hybridized carbons (Fsp3) is 0.486. The van der Waals surface area contributed by atoms with Gasteiger partial charge in [-0.05, 0) is 103 Å². The smallest absolute Gasteiger partial charge is 0.253 e. The Morgan fingerprint density at radius 3 is 2.44 bits per heavy atom. The average Bonchev–Trinajstić information content (AvgIpc) is 3.38. The molecular weight excluding hydrogens is 480 g/mol. The highest BCUT2D eigenvalue weighted by atomic mass is 16.2. The van der Waals surface area contributed by atoms with Crippen molar-refractivity contribution < 1.29 is 9.59 Å². The number of ketones is 1. The maximum atomic E-state index is 13.4. The van der Waals surface area contributed by atoms with Gasteiger partial charge < -0.3 is 9.80 Å². The van der Waals surface area contributed by atoms with Crippen molar-refractivity contribution in [3.8, 4) is 0 Å². The highest BCUT2D eigenvalue weighted by Crippen LogP contribution is 2.61. The zero-order chi connectivity index (χ0) is 26.6. The van der Waals surface area contributed by atoms with Crippen LogP contribution in [-0.4, -0.2) is 42.8 Å². The van der Waals surface area contributed by atoms with E-state index in [1.807, 2.05) is 29.2 Å². The van der Waals surface area contributed by atoms with Crippen molar-refractivity contribution in [1.29, 1.82) is 0 Å². The van der Waals surface area contributed by atoms with Gasteiger partial charge in [-0.2, -0.15) is 0 Å². The summed E-state index contributed by atoms with van der Waals surface area (Å²) in [5.41, 5.74) is 8.16. The zero-order valence-electron chi connectivity index (χ0n) is 23.2. The van der Waals surface area contributed by atoms with E-state index in [9.17, 15) is 9.59 Å². The van der Waals surface area contributed by atoms with Gasteiger partial charge in [0.1, 0.15) is 0 Å². The van der Waals surface area contributed by atoms with Crippen molar-refractivity contribution in [1.82, 2.24) is 4.90 Å². The highest BCUT2D eigenvalue weighted by Gasteiger charge is 2.49. The molecule has 1 aliphatic heterocycles. The van der Waals surface area contributed by atoms with Gasteiger partial charge in [0.2, 0.25) is 0 Å². The van der Waals surface area contributed by atoms with Gasteiger partial charge in [0.25, 0.3) is 5.91 Å². The standard InChI is InChI=1S/C35H40N2O2/c1-35-16-5-8-32(35)29-14-13-26-22-28(38)23-31(33(26)30(29)15-17-35)24-9-11-25(12-10-24)34(39)37-20-18-36(19-21-37)27-6-3-2-4-7-27/h2-4,6-7,9-12,22,29,31-32H,5,8,13-21,23H2,1H3/t29-,31?,32+,35+/m1/s1. The lowest BCUT2D eigenvalue weighted by molar-refractivity contribution is -0.115. The fourth-order valence-electron chi connectivity index (χ4n) is 8.75. The molecule has 1 amide bonds. The first-order valence-corrected chi connectivity index (χ1v) is 15.2. The largest absolute Gasteiger partial charge is 0.368 e. The minimum Gasteiger partial charge on any atom is -0.368 e. The number of carbonyl (C=O) groups is 2. The number of amides is 1. The van der Waals surface area contributed by atoms with E-state index in [0.29, 0.717) is 17.8 Å². The van der Waals surface area contributed by atoms with Crippen LogP contribution in [0.5, 0.6) is 0 Å². The number of fused-ring (bicyclic) bond motifs is 4. The molecular formula is C35H40N2O2. The second kappa shape index (κ2) is 9.80. The summed E-state index contributed by atoms with van der Waals surface area (Å²) >= 11 is 0. The average molecular weight is 521 g/mol. The van der Waals surface area contributed by atoms with Crippen molar-refractivity contribution in [3.63, 3.8) is 0 Å². The predicted molar refractivity (Wildman–Crippen MR) is 156 cm³/mol. The quantitative estimate of drug-likeness (QED) is 0.440. The van der Waals surface area contributed by atoms with E-state index >= 15 is 0 Å². The number of allylic oxidation sites excluding steroid dienone is 4. The third-order valence-corrected chi connectivity index (χ3v) is 10.8. The number of hydrogen-bond acceptors (Lipinski definition) is 3. The van der Waals surface area contributed by atoms with Crippen molar-refractivity contribution in [2.75, 3.05) is 31.1 Å². The summed E-state index contributed by atoms with van der Waals surface area (Å²) in [5, 5.41) is 0. The van der Waals surface area contributed by atoms with Crippen LogP contribution in [0.2, 0.25) is 0 Å². The highest BCUT2D eigenvalue weighted by molar-refractivity contribution is 5.95. The molecule has 4 nitrogen and oxygen atoms in total. The van der Waals surface area contributed by atoms with Crippen LogP contribution in [0.3, 0.4) is 0 Å². The number of rotatable bonds is 3. The number of carbonyl (C=O) groups excluding carboxylic acids is 2. The fourth-order valence-corrected chi connectivity index (χ4v) is 8.75. The second-order valence-corrected chi connectivity index (χ2v) is 12.9. The Kier molecular flexibility index (Phi) is 6.25. The molecule has 2 aromatic rings. The Labute approximate surface area is 232 Å². The molecule has 0 bridgehead atoms. The van der Waals surface area contributed by atoms with Crippen LogP contribution in [-0.2, 0) is 4.79 Å². The SMILES string of the molecule is C[C@@]12CCC[C@H]1[C@@H]1CCC3=CC(=O)CC(c4ccc(C(=O)N5CCN(c6ccccc6)CC5)cc4)C3=C1CC2. The third kappa shape index (κ3) is 4.37. The summed E-state index contributed by atoms with van der Waals surface area (Å²) < 4.78 is 0. The number of nitrogens with zero attached hydrogens (tertiary/aromatic N) is 2. The summed E-state index contributed by atoms with van der Waals surface area (Å²) in [6.07, 6.45) is 11.4. The molecule has 4 atom stereocenters. The van der Waals surface area contributed by atoms with E-state index in [-0.39, 0.29) is 17.6 Å². The lowest BCUT2D eigenvalue weighted by atomic mass is 9.56. The van der Waals surface area contributed by atoms with Gasteiger partial charge in [-0.15, -0.1) is 0 Å². The molecule has 1 saturated heterocycles. The van der Waals surface area contributed by atoms with Gasteiger partial charge in [0.05, 0.1) is 0 Å². The van der Waals surface area contributed by atoms with Gasteiger partial charge in [0, 0.05) is 49.8 Å². The first-order chi connectivity index (χ1) is 19.0. The molecule has 1 heterocycles. The van der Waals surface area contributed by atoms with E-state index in [1.54, 1.807) is 5.57 Å². The predicted octanol–water partition coefficient (Wildman–Crippen LogP) is 6.94. The summed E-state index contributed by atoms with van der Waals surface area (Å²) in [6, 6.07) is 18.7. The van der Waals surface area contributed by atoms with Crippen molar-refractivity contribution >= 4 is 17.4 Å². The molecule has 1 unspecified atom stereocenters.